The van der Waals surface area contributed by atoms with Gasteiger partial charge in [-0.1, -0.05) is 11.6 Å². The molecule has 0 radical (unpaired) electrons. The largest absolute Gasteiger partial charge is 0.399 e. The second-order valence-corrected chi connectivity index (χ2v) is 3.62. The SMILES string of the molecule is COCCNc1c(Cl)cc(N)cc1C(N)=O. The van der Waals surface area contributed by atoms with Crippen LogP contribution >= 0.6 is 11.6 Å². The highest BCUT2D eigenvalue weighted by Gasteiger charge is 2.12. The zero-order valence-corrected chi connectivity index (χ0v) is 9.67. The molecule has 6 heteroatoms. The maximum Gasteiger partial charge on any atom is 0.250 e. The monoisotopic (exact) mass is 243 g/mol. The van der Waals surface area contributed by atoms with Crippen molar-refractivity contribution >= 4 is 28.9 Å². The van der Waals surface area contributed by atoms with Gasteiger partial charge in [0.2, 0.25) is 0 Å². The Kier molecular flexibility index (Phi) is 4.39. The summed E-state index contributed by atoms with van der Waals surface area (Å²) in [7, 11) is 1.58. The standard InChI is InChI=1S/C10H14ClN3O2/c1-16-3-2-14-9-7(10(13)15)4-6(12)5-8(9)11/h4-5,14H,2-3,12H2,1H3,(H2,13,15). The van der Waals surface area contributed by atoms with Crippen molar-refractivity contribution in [3.63, 3.8) is 0 Å². The molecule has 1 amide bonds. The highest BCUT2D eigenvalue weighted by molar-refractivity contribution is 6.34. The van der Waals surface area contributed by atoms with Crippen LogP contribution in [0.1, 0.15) is 10.4 Å². The van der Waals surface area contributed by atoms with E-state index in [0.29, 0.717) is 29.5 Å². The Bertz CT molecular complexity index is 396. The Balaban J connectivity index is 2.99. The lowest BCUT2D eigenvalue weighted by Crippen LogP contribution is -2.17. The first-order valence-corrected chi connectivity index (χ1v) is 5.05. The van der Waals surface area contributed by atoms with Gasteiger partial charge in [0.25, 0.3) is 5.91 Å². The van der Waals surface area contributed by atoms with Gasteiger partial charge in [0.1, 0.15) is 0 Å². The number of ether oxygens (including phenoxy) is 1. The number of carbonyl (C=O) groups is 1. The molecule has 1 aromatic carbocycles. The summed E-state index contributed by atoms with van der Waals surface area (Å²) in [6.07, 6.45) is 0. The fraction of sp³-hybridized carbons (Fsp3) is 0.300. The van der Waals surface area contributed by atoms with Crippen LogP contribution in [0.3, 0.4) is 0 Å². The van der Waals surface area contributed by atoms with Gasteiger partial charge in [-0.05, 0) is 12.1 Å². The molecule has 0 saturated carbocycles. The zero-order valence-electron chi connectivity index (χ0n) is 8.92. The van der Waals surface area contributed by atoms with Crippen LogP contribution in [0.4, 0.5) is 11.4 Å². The van der Waals surface area contributed by atoms with E-state index in [1.165, 1.54) is 6.07 Å². The molecule has 0 aromatic heterocycles. The van der Waals surface area contributed by atoms with Crippen LogP contribution in [0.15, 0.2) is 12.1 Å². The van der Waals surface area contributed by atoms with E-state index >= 15 is 0 Å². The fourth-order valence-corrected chi connectivity index (χ4v) is 1.57. The number of nitrogens with one attached hydrogen (secondary N) is 1. The molecule has 0 aliphatic heterocycles. The van der Waals surface area contributed by atoms with Gasteiger partial charge in [-0.3, -0.25) is 4.79 Å². The van der Waals surface area contributed by atoms with E-state index in [0.717, 1.165) is 0 Å². The summed E-state index contributed by atoms with van der Waals surface area (Å²) in [5.41, 5.74) is 12.0. The lowest BCUT2D eigenvalue weighted by atomic mass is 10.1. The second-order valence-electron chi connectivity index (χ2n) is 3.21. The number of amides is 1. The minimum absolute atomic E-state index is 0.279. The summed E-state index contributed by atoms with van der Waals surface area (Å²) in [5, 5.41) is 3.34. The average Bonchev–Trinajstić information content (AvgIpc) is 2.20. The quantitative estimate of drug-likeness (QED) is 0.533. The topological polar surface area (TPSA) is 90.4 Å². The Morgan fingerprint density at radius 2 is 2.25 bits per heavy atom. The summed E-state index contributed by atoms with van der Waals surface area (Å²) >= 11 is 5.97. The molecule has 0 atom stereocenters. The predicted molar refractivity (Wildman–Crippen MR) is 64.7 cm³/mol. The van der Waals surface area contributed by atoms with Crippen molar-refractivity contribution in [3.05, 3.63) is 22.7 Å². The van der Waals surface area contributed by atoms with Gasteiger partial charge in [0.05, 0.1) is 22.9 Å². The molecule has 0 spiro atoms. The normalized spacial score (nSPS) is 10.1. The molecular weight excluding hydrogens is 230 g/mol. The number of primary amides is 1. The van der Waals surface area contributed by atoms with Crippen LogP contribution in [0, 0.1) is 0 Å². The minimum Gasteiger partial charge on any atom is -0.399 e. The number of nitrogens with two attached hydrogens (primary N) is 2. The van der Waals surface area contributed by atoms with Crippen LogP contribution in [-0.4, -0.2) is 26.2 Å². The molecule has 0 saturated heterocycles. The van der Waals surface area contributed by atoms with E-state index in [9.17, 15) is 4.79 Å². The molecule has 0 aliphatic rings. The van der Waals surface area contributed by atoms with E-state index in [2.05, 4.69) is 5.32 Å². The lowest BCUT2D eigenvalue weighted by molar-refractivity contribution is 0.100. The number of halogens is 1. The first-order valence-electron chi connectivity index (χ1n) is 4.68. The van der Waals surface area contributed by atoms with Gasteiger partial charge in [-0.15, -0.1) is 0 Å². The van der Waals surface area contributed by atoms with E-state index in [4.69, 9.17) is 27.8 Å². The van der Waals surface area contributed by atoms with Gasteiger partial charge < -0.3 is 21.5 Å². The van der Waals surface area contributed by atoms with E-state index in [-0.39, 0.29) is 5.56 Å². The maximum atomic E-state index is 11.2. The number of methoxy groups -OCH3 is 1. The van der Waals surface area contributed by atoms with Crippen molar-refractivity contribution < 1.29 is 9.53 Å². The summed E-state index contributed by atoms with van der Waals surface area (Å²) in [6, 6.07) is 3.05. The summed E-state index contributed by atoms with van der Waals surface area (Å²) < 4.78 is 4.88. The molecule has 88 valence electrons. The van der Waals surface area contributed by atoms with Crippen molar-refractivity contribution in [2.45, 2.75) is 0 Å². The van der Waals surface area contributed by atoms with Crippen LogP contribution in [0.5, 0.6) is 0 Å². The summed E-state index contributed by atoms with van der Waals surface area (Å²) in [4.78, 5) is 11.2. The first-order chi connectivity index (χ1) is 7.56. The number of carbonyl (C=O) groups excluding carboxylic acids is 1. The Morgan fingerprint density at radius 1 is 1.56 bits per heavy atom. The molecule has 1 rings (SSSR count). The first kappa shape index (κ1) is 12.6. The number of anilines is 2. The second kappa shape index (κ2) is 5.58. The van der Waals surface area contributed by atoms with E-state index in [1.807, 2.05) is 0 Å². The van der Waals surface area contributed by atoms with Gasteiger partial charge in [0, 0.05) is 19.3 Å². The number of nitrogen functional groups attached to an aromatic ring is 1. The van der Waals surface area contributed by atoms with Gasteiger partial charge in [0.15, 0.2) is 0 Å². The van der Waals surface area contributed by atoms with Crippen molar-refractivity contribution in [2.75, 3.05) is 31.3 Å². The van der Waals surface area contributed by atoms with E-state index < -0.39 is 5.91 Å². The highest BCUT2D eigenvalue weighted by Crippen LogP contribution is 2.28. The lowest BCUT2D eigenvalue weighted by Gasteiger charge is -2.12. The molecule has 5 N–H and O–H groups in total. The molecule has 0 unspecified atom stereocenters. The van der Waals surface area contributed by atoms with Crippen LogP contribution in [0.2, 0.25) is 5.02 Å². The van der Waals surface area contributed by atoms with Crippen LogP contribution in [-0.2, 0) is 4.74 Å². The molecule has 0 aliphatic carbocycles. The van der Waals surface area contributed by atoms with Crippen LogP contribution in [0.25, 0.3) is 0 Å². The Morgan fingerprint density at radius 3 is 2.81 bits per heavy atom. The fourth-order valence-electron chi connectivity index (χ4n) is 1.28. The predicted octanol–water partition coefficient (Wildman–Crippen LogP) is 1.08. The molecule has 0 heterocycles. The molecule has 0 bridgehead atoms. The summed E-state index contributed by atoms with van der Waals surface area (Å²) in [6.45, 7) is 1.03. The maximum absolute atomic E-state index is 11.2. The van der Waals surface area contributed by atoms with Crippen molar-refractivity contribution in [2.24, 2.45) is 5.73 Å². The average molecular weight is 244 g/mol. The minimum atomic E-state index is -0.575. The Hall–Kier alpha value is -1.46. The number of benzene rings is 1. The third kappa shape index (κ3) is 3.01. The van der Waals surface area contributed by atoms with Crippen LogP contribution < -0.4 is 16.8 Å². The summed E-state index contributed by atoms with van der Waals surface area (Å²) in [5.74, 6) is -0.575. The zero-order chi connectivity index (χ0) is 12.1. The van der Waals surface area contributed by atoms with Gasteiger partial charge in [-0.25, -0.2) is 0 Å². The highest BCUT2D eigenvalue weighted by atomic mass is 35.5. The van der Waals surface area contributed by atoms with E-state index in [1.54, 1.807) is 13.2 Å². The smallest absolute Gasteiger partial charge is 0.250 e. The molecule has 1 aromatic rings. The van der Waals surface area contributed by atoms with Crippen molar-refractivity contribution in [1.82, 2.24) is 0 Å². The number of hydrogen-bond donors (Lipinski definition) is 3. The number of hydrogen-bond acceptors (Lipinski definition) is 4. The molecule has 5 nitrogen and oxygen atoms in total. The third-order valence-corrected chi connectivity index (χ3v) is 2.28. The number of rotatable bonds is 5. The van der Waals surface area contributed by atoms with Crippen molar-refractivity contribution in [1.29, 1.82) is 0 Å². The Labute approximate surface area is 98.7 Å². The van der Waals surface area contributed by atoms with Gasteiger partial charge >= 0.3 is 0 Å². The molecule has 16 heavy (non-hydrogen) atoms. The third-order valence-electron chi connectivity index (χ3n) is 1.99. The van der Waals surface area contributed by atoms with Gasteiger partial charge in [-0.2, -0.15) is 0 Å². The van der Waals surface area contributed by atoms with Crippen molar-refractivity contribution in [3.8, 4) is 0 Å². The molecule has 0 fully saturated rings. The molecular formula is C10H14ClN3O2.